The fourth-order valence-corrected chi connectivity index (χ4v) is 2.02. The van der Waals surface area contributed by atoms with E-state index in [4.69, 9.17) is 0 Å². The summed E-state index contributed by atoms with van der Waals surface area (Å²) in [4.78, 5) is 4.18. The van der Waals surface area contributed by atoms with Crippen LogP contribution in [0.15, 0.2) is 35.1 Å². The second-order valence-corrected chi connectivity index (χ2v) is 4.71. The smallest absolute Gasteiger partial charge is 0.106 e. The summed E-state index contributed by atoms with van der Waals surface area (Å²) in [5.41, 5.74) is 1.10. The molecular formula is C12H15BrN2. The summed E-state index contributed by atoms with van der Waals surface area (Å²) in [5, 5.41) is 3.42. The summed E-state index contributed by atoms with van der Waals surface area (Å²) >= 11 is 3.33. The Bertz CT molecular complexity index is 332. The topological polar surface area (TPSA) is 24.9 Å². The standard InChI is InChI=1S/C12H15BrN2/c13-12-7-6-11(9-15-12)14-8-10-4-2-1-3-5-10/h1-2,6-7,9-10,14H,3-5,8H2. The molecule has 1 unspecified atom stereocenters. The van der Waals surface area contributed by atoms with Gasteiger partial charge < -0.3 is 5.32 Å². The molecular weight excluding hydrogens is 252 g/mol. The monoisotopic (exact) mass is 266 g/mol. The maximum atomic E-state index is 4.18. The molecule has 0 bridgehead atoms. The van der Waals surface area contributed by atoms with Crippen molar-refractivity contribution in [1.82, 2.24) is 4.98 Å². The average molecular weight is 267 g/mol. The van der Waals surface area contributed by atoms with Crippen LogP contribution in [0.25, 0.3) is 0 Å². The first-order valence-electron chi connectivity index (χ1n) is 5.35. The van der Waals surface area contributed by atoms with Gasteiger partial charge >= 0.3 is 0 Å². The minimum absolute atomic E-state index is 0.777. The van der Waals surface area contributed by atoms with Crippen molar-refractivity contribution in [3.05, 3.63) is 35.1 Å². The van der Waals surface area contributed by atoms with Crippen LogP contribution in [0.3, 0.4) is 0 Å². The molecule has 1 aliphatic carbocycles. The molecule has 2 rings (SSSR count). The Labute approximate surface area is 98.9 Å². The average Bonchev–Trinajstić information content (AvgIpc) is 2.30. The highest BCUT2D eigenvalue weighted by atomic mass is 79.9. The second-order valence-electron chi connectivity index (χ2n) is 3.90. The summed E-state index contributed by atoms with van der Waals surface area (Å²) in [6.45, 7) is 1.05. The van der Waals surface area contributed by atoms with Crippen LogP contribution < -0.4 is 5.32 Å². The van der Waals surface area contributed by atoms with Crippen molar-refractivity contribution < 1.29 is 0 Å². The van der Waals surface area contributed by atoms with E-state index < -0.39 is 0 Å². The molecule has 0 saturated carbocycles. The maximum absolute atomic E-state index is 4.18. The lowest BCUT2D eigenvalue weighted by atomic mass is 9.94. The zero-order chi connectivity index (χ0) is 10.5. The van der Waals surface area contributed by atoms with Crippen LogP contribution in [0, 0.1) is 5.92 Å². The lowest BCUT2D eigenvalue weighted by Gasteiger charge is -2.18. The van der Waals surface area contributed by atoms with E-state index >= 15 is 0 Å². The Morgan fingerprint density at radius 3 is 3.00 bits per heavy atom. The Morgan fingerprint density at radius 1 is 1.40 bits per heavy atom. The number of hydrogen-bond acceptors (Lipinski definition) is 2. The molecule has 1 aromatic heterocycles. The van der Waals surface area contributed by atoms with Gasteiger partial charge in [0.1, 0.15) is 4.60 Å². The molecule has 0 fully saturated rings. The predicted octanol–water partition coefficient (Wildman–Crippen LogP) is 3.61. The molecule has 0 radical (unpaired) electrons. The minimum atomic E-state index is 0.777. The van der Waals surface area contributed by atoms with Gasteiger partial charge in [-0.2, -0.15) is 0 Å². The van der Waals surface area contributed by atoms with Crippen LogP contribution in [0.5, 0.6) is 0 Å². The van der Waals surface area contributed by atoms with Gasteiger partial charge in [0, 0.05) is 6.54 Å². The van der Waals surface area contributed by atoms with Crippen molar-refractivity contribution in [2.24, 2.45) is 5.92 Å². The summed E-state index contributed by atoms with van der Waals surface area (Å²) in [7, 11) is 0. The van der Waals surface area contributed by atoms with Gasteiger partial charge in [0.05, 0.1) is 11.9 Å². The Hall–Kier alpha value is -0.830. The van der Waals surface area contributed by atoms with Gasteiger partial charge in [0.15, 0.2) is 0 Å². The first kappa shape index (κ1) is 10.7. The van der Waals surface area contributed by atoms with Crippen LogP contribution in [-0.2, 0) is 0 Å². The fourth-order valence-electron chi connectivity index (χ4n) is 1.78. The van der Waals surface area contributed by atoms with E-state index in [9.17, 15) is 0 Å². The first-order chi connectivity index (χ1) is 7.34. The molecule has 1 heterocycles. The van der Waals surface area contributed by atoms with Gasteiger partial charge in [0.2, 0.25) is 0 Å². The molecule has 1 atom stereocenters. The number of nitrogens with one attached hydrogen (secondary N) is 1. The van der Waals surface area contributed by atoms with Crippen molar-refractivity contribution in [2.45, 2.75) is 19.3 Å². The molecule has 3 heteroatoms. The molecule has 0 aromatic carbocycles. The molecule has 15 heavy (non-hydrogen) atoms. The SMILES string of the molecule is Brc1ccc(NCC2CC=CCC2)cn1. The van der Waals surface area contributed by atoms with E-state index in [0.29, 0.717) is 0 Å². The van der Waals surface area contributed by atoms with Crippen LogP contribution in [-0.4, -0.2) is 11.5 Å². The normalized spacial score (nSPS) is 20.2. The number of nitrogens with zero attached hydrogens (tertiary/aromatic N) is 1. The van der Waals surface area contributed by atoms with Gasteiger partial charge in [-0.3, -0.25) is 0 Å². The van der Waals surface area contributed by atoms with E-state index in [1.54, 1.807) is 0 Å². The predicted molar refractivity (Wildman–Crippen MR) is 66.9 cm³/mol. The van der Waals surface area contributed by atoms with Gasteiger partial charge in [-0.1, -0.05) is 12.2 Å². The van der Waals surface area contributed by atoms with Crippen molar-refractivity contribution in [1.29, 1.82) is 0 Å². The Kier molecular flexibility index (Phi) is 3.78. The molecule has 1 aliphatic rings. The van der Waals surface area contributed by atoms with Crippen LogP contribution in [0.4, 0.5) is 5.69 Å². The number of anilines is 1. The zero-order valence-electron chi connectivity index (χ0n) is 8.62. The van der Waals surface area contributed by atoms with Gasteiger partial charge in [-0.15, -0.1) is 0 Å². The third-order valence-corrected chi connectivity index (χ3v) is 3.17. The van der Waals surface area contributed by atoms with Gasteiger partial charge in [-0.25, -0.2) is 4.98 Å². The van der Waals surface area contributed by atoms with Gasteiger partial charge in [-0.05, 0) is 53.2 Å². The molecule has 80 valence electrons. The molecule has 1 N–H and O–H groups in total. The molecule has 0 spiro atoms. The molecule has 2 nitrogen and oxygen atoms in total. The lowest BCUT2D eigenvalue weighted by molar-refractivity contribution is 0.504. The van der Waals surface area contributed by atoms with Crippen molar-refractivity contribution >= 4 is 21.6 Å². The molecule has 0 aliphatic heterocycles. The van der Waals surface area contributed by atoms with E-state index in [-0.39, 0.29) is 0 Å². The van der Waals surface area contributed by atoms with Crippen molar-refractivity contribution in [2.75, 3.05) is 11.9 Å². The Balaban J connectivity index is 1.82. The van der Waals surface area contributed by atoms with E-state index in [2.05, 4.69) is 44.4 Å². The second kappa shape index (κ2) is 5.31. The number of hydrogen-bond donors (Lipinski definition) is 1. The third kappa shape index (κ3) is 3.34. The van der Waals surface area contributed by atoms with E-state index in [1.807, 2.05) is 12.3 Å². The van der Waals surface area contributed by atoms with Crippen LogP contribution in [0.2, 0.25) is 0 Å². The fraction of sp³-hybridized carbons (Fsp3) is 0.417. The number of aromatic nitrogens is 1. The highest BCUT2D eigenvalue weighted by molar-refractivity contribution is 9.10. The highest BCUT2D eigenvalue weighted by Gasteiger charge is 2.08. The lowest BCUT2D eigenvalue weighted by Crippen LogP contribution is -2.15. The zero-order valence-corrected chi connectivity index (χ0v) is 10.2. The van der Waals surface area contributed by atoms with Gasteiger partial charge in [0.25, 0.3) is 0 Å². The minimum Gasteiger partial charge on any atom is -0.384 e. The summed E-state index contributed by atoms with van der Waals surface area (Å²) in [5.74, 6) is 0.777. The first-order valence-corrected chi connectivity index (χ1v) is 6.14. The number of halogens is 1. The van der Waals surface area contributed by atoms with Crippen LogP contribution >= 0.6 is 15.9 Å². The molecule has 0 amide bonds. The maximum Gasteiger partial charge on any atom is 0.106 e. The molecule has 0 saturated heterocycles. The quantitative estimate of drug-likeness (QED) is 0.668. The van der Waals surface area contributed by atoms with Crippen molar-refractivity contribution in [3.8, 4) is 0 Å². The molecule has 1 aromatic rings. The number of allylic oxidation sites excluding steroid dienone is 2. The van der Waals surface area contributed by atoms with Crippen LogP contribution in [0.1, 0.15) is 19.3 Å². The third-order valence-electron chi connectivity index (χ3n) is 2.70. The highest BCUT2D eigenvalue weighted by Crippen LogP contribution is 2.19. The van der Waals surface area contributed by atoms with Crippen molar-refractivity contribution in [3.63, 3.8) is 0 Å². The largest absolute Gasteiger partial charge is 0.384 e. The van der Waals surface area contributed by atoms with E-state index in [1.165, 1.54) is 19.3 Å². The number of rotatable bonds is 3. The summed E-state index contributed by atoms with van der Waals surface area (Å²) < 4.78 is 0.883. The Morgan fingerprint density at radius 2 is 2.33 bits per heavy atom. The summed E-state index contributed by atoms with van der Waals surface area (Å²) in [6.07, 6.45) is 10.2. The summed E-state index contributed by atoms with van der Waals surface area (Å²) in [6, 6.07) is 4.01. The van der Waals surface area contributed by atoms with E-state index in [0.717, 1.165) is 22.8 Å². The number of pyridine rings is 1.